The minimum Gasteiger partial charge on any atom is -0.459 e. The summed E-state index contributed by atoms with van der Waals surface area (Å²) in [6.07, 6.45) is 6.79. The lowest BCUT2D eigenvalue weighted by Gasteiger charge is -2.26. The Labute approximate surface area is 144 Å². The van der Waals surface area contributed by atoms with Crippen LogP contribution in [0.15, 0.2) is 23.1 Å². The van der Waals surface area contributed by atoms with Gasteiger partial charge in [0.15, 0.2) is 0 Å². The molecule has 0 spiro atoms. The first-order valence-electron chi connectivity index (χ1n) is 8.80. The third kappa shape index (κ3) is 3.64. The second-order valence-corrected chi connectivity index (χ2v) is 8.66. The molecule has 1 aliphatic carbocycles. The molecule has 1 aliphatic heterocycles. The third-order valence-corrected chi connectivity index (χ3v) is 6.97. The molecule has 6 heteroatoms. The molecule has 1 saturated carbocycles. The number of sulfonamides is 1. The van der Waals surface area contributed by atoms with E-state index in [0.717, 1.165) is 44.9 Å². The fourth-order valence-corrected chi connectivity index (χ4v) is 5.24. The number of benzene rings is 1. The second-order valence-electron chi connectivity index (χ2n) is 6.76. The van der Waals surface area contributed by atoms with Gasteiger partial charge < -0.3 is 4.74 Å². The highest BCUT2D eigenvalue weighted by Gasteiger charge is 2.28. The van der Waals surface area contributed by atoms with E-state index in [-0.39, 0.29) is 11.0 Å². The first kappa shape index (κ1) is 17.4. The summed E-state index contributed by atoms with van der Waals surface area (Å²) in [5, 5.41) is 0. The Kier molecular flexibility index (Phi) is 5.25. The molecule has 1 aromatic rings. The molecule has 1 heterocycles. The van der Waals surface area contributed by atoms with Gasteiger partial charge >= 0.3 is 5.97 Å². The number of hydrogen-bond acceptors (Lipinski definition) is 4. The van der Waals surface area contributed by atoms with E-state index in [9.17, 15) is 13.2 Å². The van der Waals surface area contributed by atoms with E-state index in [1.807, 2.05) is 0 Å². The fourth-order valence-electron chi connectivity index (χ4n) is 3.47. The van der Waals surface area contributed by atoms with Gasteiger partial charge in [0.05, 0.1) is 10.5 Å². The van der Waals surface area contributed by atoms with Gasteiger partial charge in [-0.1, -0.05) is 12.5 Å². The lowest BCUT2D eigenvalue weighted by Crippen LogP contribution is -2.36. The van der Waals surface area contributed by atoms with Crippen LogP contribution in [0.1, 0.15) is 60.9 Å². The summed E-state index contributed by atoms with van der Waals surface area (Å²) in [7, 11) is -3.55. The van der Waals surface area contributed by atoms with Crippen LogP contribution in [-0.2, 0) is 14.8 Å². The van der Waals surface area contributed by atoms with Crippen LogP contribution >= 0.6 is 0 Å². The highest BCUT2D eigenvalue weighted by molar-refractivity contribution is 7.89. The van der Waals surface area contributed by atoms with Gasteiger partial charge in [-0.2, -0.15) is 4.31 Å². The van der Waals surface area contributed by atoms with Crippen molar-refractivity contribution in [2.75, 3.05) is 13.1 Å². The summed E-state index contributed by atoms with van der Waals surface area (Å²) in [6, 6.07) is 4.83. The van der Waals surface area contributed by atoms with Crippen molar-refractivity contribution in [2.45, 2.75) is 62.9 Å². The van der Waals surface area contributed by atoms with Crippen molar-refractivity contribution in [1.82, 2.24) is 4.31 Å². The summed E-state index contributed by atoms with van der Waals surface area (Å²) in [6.45, 7) is 2.87. The third-order valence-electron chi connectivity index (χ3n) is 4.93. The number of esters is 1. The standard InChI is InChI=1S/C18H25NO4S/c1-14-9-10-15(18(20)23-16-7-3-4-8-16)13-17(14)24(21,22)19-11-5-2-6-12-19/h9-10,13,16H,2-8,11-12H2,1H3. The van der Waals surface area contributed by atoms with Gasteiger partial charge in [-0.3, -0.25) is 0 Å². The van der Waals surface area contributed by atoms with Gasteiger partial charge in [0, 0.05) is 13.1 Å². The first-order chi connectivity index (χ1) is 11.5. The molecule has 5 nitrogen and oxygen atoms in total. The molecular formula is C18H25NO4S. The number of carbonyl (C=O) groups is 1. The zero-order chi connectivity index (χ0) is 17.2. The normalized spacial score (nSPS) is 20.2. The second kappa shape index (κ2) is 7.23. The number of carbonyl (C=O) groups excluding carboxylic acids is 1. The molecule has 0 bridgehead atoms. The van der Waals surface area contributed by atoms with Gasteiger partial charge in [0.1, 0.15) is 6.10 Å². The maximum absolute atomic E-state index is 12.9. The summed E-state index contributed by atoms with van der Waals surface area (Å²) < 4.78 is 32.8. The zero-order valence-electron chi connectivity index (χ0n) is 14.2. The Morgan fingerprint density at radius 1 is 1.08 bits per heavy atom. The van der Waals surface area contributed by atoms with Crippen molar-refractivity contribution in [1.29, 1.82) is 0 Å². The topological polar surface area (TPSA) is 63.7 Å². The number of hydrogen-bond donors (Lipinski definition) is 0. The van der Waals surface area contributed by atoms with E-state index in [0.29, 0.717) is 24.2 Å². The van der Waals surface area contributed by atoms with E-state index in [4.69, 9.17) is 4.74 Å². The van der Waals surface area contributed by atoms with Gasteiger partial charge in [-0.15, -0.1) is 0 Å². The minimum absolute atomic E-state index is 0.0269. The average molecular weight is 351 g/mol. The lowest BCUT2D eigenvalue weighted by atomic mass is 10.1. The number of rotatable bonds is 4. The van der Waals surface area contributed by atoms with Crippen LogP contribution < -0.4 is 0 Å². The van der Waals surface area contributed by atoms with Crippen molar-refractivity contribution in [3.05, 3.63) is 29.3 Å². The van der Waals surface area contributed by atoms with E-state index < -0.39 is 16.0 Å². The van der Waals surface area contributed by atoms with Crippen molar-refractivity contribution >= 4 is 16.0 Å². The summed E-state index contributed by atoms with van der Waals surface area (Å²) in [5.74, 6) is -0.419. The molecule has 3 rings (SSSR count). The van der Waals surface area contributed by atoms with Crippen LogP contribution in [0.2, 0.25) is 0 Å². The molecule has 0 radical (unpaired) electrons. The van der Waals surface area contributed by atoms with Crippen LogP contribution in [0, 0.1) is 6.92 Å². The van der Waals surface area contributed by atoms with E-state index in [1.165, 1.54) is 10.4 Å². The van der Waals surface area contributed by atoms with Crippen LogP contribution in [0.25, 0.3) is 0 Å². The maximum atomic E-state index is 12.9. The number of piperidine rings is 1. The molecule has 2 aliphatic rings. The predicted octanol–water partition coefficient (Wildman–Crippen LogP) is 3.27. The fraction of sp³-hybridized carbons (Fsp3) is 0.611. The molecule has 1 saturated heterocycles. The van der Waals surface area contributed by atoms with Crippen LogP contribution in [0.3, 0.4) is 0 Å². The number of nitrogens with zero attached hydrogens (tertiary/aromatic N) is 1. The molecule has 0 aromatic heterocycles. The molecule has 1 aromatic carbocycles. The molecule has 2 fully saturated rings. The monoisotopic (exact) mass is 351 g/mol. The van der Waals surface area contributed by atoms with Crippen LogP contribution in [0.5, 0.6) is 0 Å². The molecule has 132 valence electrons. The molecular weight excluding hydrogens is 326 g/mol. The van der Waals surface area contributed by atoms with Gasteiger partial charge in [-0.25, -0.2) is 13.2 Å². The minimum atomic E-state index is -3.55. The van der Waals surface area contributed by atoms with E-state index in [1.54, 1.807) is 19.1 Å². The van der Waals surface area contributed by atoms with Crippen LogP contribution in [-0.4, -0.2) is 37.9 Å². The summed E-state index contributed by atoms with van der Waals surface area (Å²) in [4.78, 5) is 12.6. The Bertz CT molecular complexity index is 702. The highest BCUT2D eigenvalue weighted by atomic mass is 32.2. The predicted molar refractivity (Wildman–Crippen MR) is 91.5 cm³/mol. The molecule has 0 unspecified atom stereocenters. The Balaban J connectivity index is 1.84. The van der Waals surface area contributed by atoms with E-state index >= 15 is 0 Å². The smallest absolute Gasteiger partial charge is 0.338 e. The summed E-state index contributed by atoms with van der Waals surface area (Å²) >= 11 is 0. The van der Waals surface area contributed by atoms with Crippen molar-refractivity contribution < 1.29 is 17.9 Å². The Morgan fingerprint density at radius 2 is 1.75 bits per heavy atom. The zero-order valence-corrected chi connectivity index (χ0v) is 15.0. The van der Waals surface area contributed by atoms with Crippen LogP contribution in [0.4, 0.5) is 0 Å². The van der Waals surface area contributed by atoms with Gasteiger partial charge in [0.2, 0.25) is 10.0 Å². The maximum Gasteiger partial charge on any atom is 0.338 e. The molecule has 0 N–H and O–H groups in total. The quantitative estimate of drug-likeness (QED) is 0.781. The van der Waals surface area contributed by atoms with Crippen molar-refractivity contribution in [2.24, 2.45) is 0 Å². The Morgan fingerprint density at radius 3 is 2.42 bits per heavy atom. The molecule has 0 atom stereocenters. The lowest BCUT2D eigenvalue weighted by molar-refractivity contribution is 0.0317. The number of ether oxygens (including phenoxy) is 1. The SMILES string of the molecule is Cc1ccc(C(=O)OC2CCCC2)cc1S(=O)(=O)N1CCCCC1. The number of aryl methyl sites for hydroxylation is 1. The van der Waals surface area contributed by atoms with Gasteiger partial charge in [0.25, 0.3) is 0 Å². The highest BCUT2D eigenvalue weighted by Crippen LogP contribution is 2.26. The summed E-state index contributed by atoms with van der Waals surface area (Å²) in [5.41, 5.74) is 0.987. The average Bonchev–Trinajstić information content (AvgIpc) is 3.09. The van der Waals surface area contributed by atoms with E-state index in [2.05, 4.69) is 0 Å². The van der Waals surface area contributed by atoms with Crippen molar-refractivity contribution in [3.8, 4) is 0 Å². The first-order valence-corrected chi connectivity index (χ1v) is 10.2. The molecule has 24 heavy (non-hydrogen) atoms. The molecule has 0 amide bonds. The van der Waals surface area contributed by atoms with Gasteiger partial charge in [-0.05, 0) is 63.1 Å². The van der Waals surface area contributed by atoms with Crippen molar-refractivity contribution in [3.63, 3.8) is 0 Å². The Hall–Kier alpha value is -1.40. The largest absolute Gasteiger partial charge is 0.459 e.